The van der Waals surface area contributed by atoms with Crippen molar-refractivity contribution < 1.29 is 4.74 Å². The van der Waals surface area contributed by atoms with Crippen LogP contribution < -0.4 is 4.74 Å². The lowest BCUT2D eigenvalue weighted by molar-refractivity contribution is 0.140. The van der Waals surface area contributed by atoms with Crippen molar-refractivity contribution in [2.45, 2.75) is 37.8 Å². The van der Waals surface area contributed by atoms with Crippen molar-refractivity contribution in [3.63, 3.8) is 0 Å². The third-order valence-corrected chi connectivity index (χ3v) is 4.31. The van der Waals surface area contributed by atoms with E-state index in [1.165, 1.54) is 24.9 Å². The Morgan fingerprint density at radius 2 is 2.22 bits per heavy atom. The Morgan fingerprint density at radius 1 is 1.33 bits per heavy atom. The van der Waals surface area contributed by atoms with E-state index >= 15 is 0 Å². The number of alkyl halides is 1. The van der Waals surface area contributed by atoms with Gasteiger partial charge >= 0.3 is 0 Å². The van der Waals surface area contributed by atoms with E-state index < -0.39 is 0 Å². The first-order chi connectivity index (χ1) is 8.86. The molecule has 18 heavy (non-hydrogen) atoms. The molecule has 2 unspecified atom stereocenters. The SMILES string of the molecule is ClCCC1CCCN1CC1Cc2ccccc2O1. The number of likely N-dealkylation sites (tertiary alicyclic amines) is 1. The molecular weight excluding hydrogens is 246 g/mol. The van der Waals surface area contributed by atoms with Crippen LogP contribution in [0.1, 0.15) is 24.8 Å². The summed E-state index contributed by atoms with van der Waals surface area (Å²) < 4.78 is 6.02. The van der Waals surface area contributed by atoms with Gasteiger partial charge in [-0.2, -0.15) is 0 Å². The fraction of sp³-hybridized carbons (Fsp3) is 0.600. The van der Waals surface area contributed by atoms with Gasteiger partial charge in [-0.05, 0) is 37.4 Å². The van der Waals surface area contributed by atoms with Crippen LogP contribution in [0.15, 0.2) is 24.3 Å². The topological polar surface area (TPSA) is 12.5 Å². The van der Waals surface area contributed by atoms with Gasteiger partial charge in [-0.25, -0.2) is 0 Å². The molecule has 2 aliphatic heterocycles. The van der Waals surface area contributed by atoms with Crippen LogP contribution in [0.25, 0.3) is 0 Å². The van der Waals surface area contributed by atoms with E-state index in [2.05, 4.69) is 23.1 Å². The molecule has 2 heterocycles. The maximum absolute atomic E-state index is 6.02. The highest BCUT2D eigenvalue weighted by molar-refractivity contribution is 6.17. The second kappa shape index (κ2) is 5.50. The quantitative estimate of drug-likeness (QED) is 0.776. The first-order valence-corrected chi connectivity index (χ1v) is 7.45. The van der Waals surface area contributed by atoms with Crippen LogP contribution in [0.2, 0.25) is 0 Å². The molecule has 1 saturated heterocycles. The maximum Gasteiger partial charge on any atom is 0.123 e. The van der Waals surface area contributed by atoms with E-state index in [9.17, 15) is 0 Å². The van der Waals surface area contributed by atoms with Crippen LogP contribution in [-0.2, 0) is 6.42 Å². The number of nitrogens with zero attached hydrogens (tertiary/aromatic N) is 1. The Balaban J connectivity index is 1.59. The zero-order valence-corrected chi connectivity index (χ0v) is 11.4. The number of benzene rings is 1. The Bertz CT molecular complexity index is 384. The lowest BCUT2D eigenvalue weighted by Crippen LogP contribution is -2.38. The van der Waals surface area contributed by atoms with E-state index in [0.717, 1.165) is 31.0 Å². The molecule has 2 atom stereocenters. The van der Waals surface area contributed by atoms with Crippen molar-refractivity contribution >= 4 is 11.6 Å². The van der Waals surface area contributed by atoms with Gasteiger partial charge in [-0.1, -0.05) is 18.2 Å². The Kier molecular flexibility index (Phi) is 3.76. The molecular formula is C15H20ClNO. The zero-order chi connectivity index (χ0) is 12.4. The Labute approximate surface area is 114 Å². The predicted molar refractivity (Wildman–Crippen MR) is 74.5 cm³/mol. The van der Waals surface area contributed by atoms with E-state index in [4.69, 9.17) is 16.3 Å². The van der Waals surface area contributed by atoms with Crippen molar-refractivity contribution in [3.05, 3.63) is 29.8 Å². The smallest absolute Gasteiger partial charge is 0.123 e. The summed E-state index contributed by atoms with van der Waals surface area (Å²) in [6.07, 6.45) is 5.10. The molecule has 0 saturated carbocycles. The van der Waals surface area contributed by atoms with E-state index in [-0.39, 0.29) is 0 Å². The monoisotopic (exact) mass is 265 g/mol. The van der Waals surface area contributed by atoms with Gasteiger partial charge in [0.05, 0.1) is 0 Å². The Hall–Kier alpha value is -0.730. The Morgan fingerprint density at radius 3 is 3.06 bits per heavy atom. The molecule has 98 valence electrons. The molecule has 0 spiro atoms. The van der Waals surface area contributed by atoms with Crippen molar-refractivity contribution in [2.75, 3.05) is 19.0 Å². The van der Waals surface area contributed by atoms with Crippen LogP contribution in [-0.4, -0.2) is 36.0 Å². The third-order valence-electron chi connectivity index (χ3n) is 4.09. The first-order valence-electron chi connectivity index (χ1n) is 6.91. The summed E-state index contributed by atoms with van der Waals surface area (Å²) in [6.45, 7) is 2.26. The largest absolute Gasteiger partial charge is 0.488 e. The van der Waals surface area contributed by atoms with Crippen molar-refractivity contribution in [1.29, 1.82) is 0 Å². The normalized spacial score (nSPS) is 27.2. The van der Waals surface area contributed by atoms with Gasteiger partial charge in [0.2, 0.25) is 0 Å². The third kappa shape index (κ3) is 2.50. The minimum atomic E-state index is 0.332. The number of para-hydroxylation sites is 1. The molecule has 0 bridgehead atoms. The second-order valence-electron chi connectivity index (χ2n) is 5.32. The molecule has 2 nitrogen and oxygen atoms in total. The van der Waals surface area contributed by atoms with Gasteiger partial charge in [-0.3, -0.25) is 4.90 Å². The molecule has 2 aliphatic rings. The molecule has 3 rings (SSSR count). The summed E-state index contributed by atoms with van der Waals surface area (Å²) in [4.78, 5) is 2.57. The summed E-state index contributed by atoms with van der Waals surface area (Å²) in [6, 6.07) is 9.07. The number of fused-ring (bicyclic) bond motifs is 1. The molecule has 0 radical (unpaired) electrons. The van der Waals surface area contributed by atoms with Crippen molar-refractivity contribution in [2.24, 2.45) is 0 Å². The van der Waals surface area contributed by atoms with Crippen LogP contribution in [0, 0.1) is 0 Å². The molecule has 3 heteroatoms. The maximum atomic E-state index is 6.02. The number of halogens is 1. The molecule has 1 aromatic rings. The van der Waals surface area contributed by atoms with Crippen LogP contribution in [0.3, 0.4) is 0 Å². The van der Waals surface area contributed by atoms with Crippen LogP contribution in [0.5, 0.6) is 5.75 Å². The molecule has 0 aliphatic carbocycles. The fourth-order valence-corrected chi connectivity index (χ4v) is 3.46. The first kappa shape index (κ1) is 12.3. The summed E-state index contributed by atoms with van der Waals surface area (Å²) in [7, 11) is 0. The van der Waals surface area contributed by atoms with Crippen molar-refractivity contribution in [1.82, 2.24) is 4.90 Å². The van der Waals surface area contributed by atoms with Gasteiger partial charge < -0.3 is 4.74 Å². The minimum absolute atomic E-state index is 0.332. The van der Waals surface area contributed by atoms with Gasteiger partial charge in [0.25, 0.3) is 0 Å². The molecule has 1 aromatic carbocycles. The van der Waals surface area contributed by atoms with E-state index in [1.807, 2.05) is 6.07 Å². The van der Waals surface area contributed by atoms with Gasteiger partial charge in [-0.15, -0.1) is 11.6 Å². The summed E-state index contributed by atoms with van der Waals surface area (Å²) >= 11 is 5.88. The number of rotatable bonds is 4. The number of ether oxygens (including phenoxy) is 1. The lowest BCUT2D eigenvalue weighted by Gasteiger charge is -2.26. The number of hydrogen-bond acceptors (Lipinski definition) is 2. The van der Waals surface area contributed by atoms with E-state index in [0.29, 0.717) is 12.1 Å². The fourth-order valence-electron chi connectivity index (χ4n) is 3.21. The molecule has 0 N–H and O–H groups in total. The molecule has 0 aromatic heterocycles. The molecule has 0 amide bonds. The van der Waals surface area contributed by atoms with Gasteiger partial charge in [0, 0.05) is 24.9 Å². The summed E-state index contributed by atoms with van der Waals surface area (Å²) in [5.41, 5.74) is 1.36. The molecule has 1 fully saturated rings. The average Bonchev–Trinajstić information content (AvgIpc) is 2.97. The van der Waals surface area contributed by atoms with Crippen LogP contribution >= 0.6 is 11.6 Å². The van der Waals surface area contributed by atoms with Gasteiger partial charge in [0.1, 0.15) is 11.9 Å². The average molecular weight is 266 g/mol. The zero-order valence-electron chi connectivity index (χ0n) is 10.6. The highest BCUT2D eigenvalue weighted by Gasteiger charge is 2.30. The highest BCUT2D eigenvalue weighted by Crippen LogP contribution is 2.30. The van der Waals surface area contributed by atoms with E-state index in [1.54, 1.807) is 0 Å². The minimum Gasteiger partial charge on any atom is -0.488 e. The predicted octanol–water partition coefficient (Wildman–Crippen LogP) is 3.08. The lowest BCUT2D eigenvalue weighted by atomic mass is 10.1. The van der Waals surface area contributed by atoms with Gasteiger partial charge in [0.15, 0.2) is 0 Å². The number of hydrogen-bond donors (Lipinski definition) is 0. The second-order valence-corrected chi connectivity index (χ2v) is 5.70. The standard InChI is InChI=1S/C15H20ClNO/c16-8-7-13-5-3-9-17(13)11-14-10-12-4-1-2-6-15(12)18-14/h1-2,4,6,13-14H,3,5,7-11H2. The highest BCUT2D eigenvalue weighted by atomic mass is 35.5. The summed E-state index contributed by atoms with van der Waals surface area (Å²) in [5.74, 6) is 1.85. The summed E-state index contributed by atoms with van der Waals surface area (Å²) in [5, 5.41) is 0. The van der Waals surface area contributed by atoms with Crippen molar-refractivity contribution in [3.8, 4) is 5.75 Å². The van der Waals surface area contributed by atoms with Crippen LogP contribution in [0.4, 0.5) is 0 Å².